The molecule has 1 aliphatic heterocycles. The summed E-state index contributed by atoms with van der Waals surface area (Å²) in [6, 6.07) is 10.8. The van der Waals surface area contributed by atoms with Gasteiger partial charge in [0.1, 0.15) is 17.2 Å². The van der Waals surface area contributed by atoms with Crippen LogP contribution in [0.5, 0.6) is 0 Å². The minimum absolute atomic E-state index is 0.00335. The second-order valence-electron chi connectivity index (χ2n) is 6.92. The van der Waals surface area contributed by atoms with Gasteiger partial charge in [-0.1, -0.05) is 19.1 Å². The SMILES string of the molecule is CCc1nc2cc(C)ccn2c1C(=O)N1CCN(c2ccccc2F)CC1. The van der Waals surface area contributed by atoms with Gasteiger partial charge in [0.2, 0.25) is 0 Å². The van der Waals surface area contributed by atoms with Gasteiger partial charge in [-0.15, -0.1) is 0 Å². The Morgan fingerprint density at radius 1 is 1.15 bits per heavy atom. The molecule has 140 valence electrons. The molecule has 0 N–H and O–H groups in total. The maximum atomic E-state index is 14.0. The Hall–Kier alpha value is -2.89. The number of hydrogen-bond donors (Lipinski definition) is 0. The van der Waals surface area contributed by atoms with E-state index in [1.807, 2.05) is 52.4 Å². The number of carbonyl (C=O) groups is 1. The molecule has 1 aliphatic rings. The third-order valence-corrected chi connectivity index (χ3v) is 5.15. The van der Waals surface area contributed by atoms with E-state index in [4.69, 9.17) is 0 Å². The van der Waals surface area contributed by atoms with Gasteiger partial charge in [0.25, 0.3) is 5.91 Å². The number of hydrogen-bond acceptors (Lipinski definition) is 3. The van der Waals surface area contributed by atoms with Crippen LogP contribution in [0.3, 0.4) is 0 Å². The minimum atomic E-state index is -0.220. The quantitative estimate of drug-likeness (QED) is 0.714. The molecule has 2 aromatic heterocycles. The molecule has 5 nitrogen and oxygen atoms in total. The number of pyridine rings is 1. The summed E-state index contributed by atoms with van der Waals surface area (Å²) in [6.07, 6.45) is 2.62. The summed E-state index contributed by atoms with van der Waals surface area (Å²) < 4.78 is 15.9. The van der Waals surface area contributed by atoms with Crippen LogP contribution in [0, 0.1) is 12.7 Å². The number of aryl methyl sites for hydroxylation is 2. The largest absolute Gasteiger partial charge is 0.366 e. The number of piperazine rings is 1. The highest BCUT2D eigenvalue weighted by molar-refractivity contribution is 5.95. The topological polar surface area (TPSA) is 40.9 Å². The van der Waals surface area contributed by atoms with Crippen LogP contribution in [0.2, 0.25) is 0 Å². The molecule has 3 aromatic rings. The molecule has 1 amide bonds. The lowest BCUT2D eigenvalue weighted by atomic mass is 10.2. The van der Waals surface area contributed by atoms with Crippen LogP contribution >= 0.6 is 0 Å². The number of aromatic nitrogens is 2. The van der Waals surface area contributed by atoms with Gasteiger partial charge in [0.15, 0.2) is 0 Å². The third-order valence-electron chi connectivity index (χ3n) is 5.15. The minimum Gasteiger partial charge on any atom is -0.366 e. The fraction of sp³-hybridized carbons (Fsp3) is 0.333. The number of nitrogens with zero attached hydrogens (tertiary/aromatic N) is 4. The summed E-state index contributed by atoms with van der Waals surface area (Å²) >= 11 is 0. The Kier molecular flexibility index (Phi) is 4.56. The average molecular weight is 366 g/mol. The molecule has 0 aliphatic carbocycles. The molecule has 3 heterocycles. The van der Waals surface area contributed by atoms with Gasteiger partial charge < -0.3 is 9.80 Å². The zero-order valence-corrected chi connectivity index (χ0v) is 15.7. The molecular formula is C21H23FN4O. The Morgan fingerprint density at radius 3 is 2.59 bits per heavy atom. The highest BCUT2D eigenvalue weighted by Gasteiger charge is 2.27. The number of fused-ring (bicyclic) bond motifs is 1. The first-order valence-corrected chi connectivity index (χ1v) is 9.35. The lowest BCUT2D eigenvalue weighted by molar-refractivity contribution is 0.0738. The van der Waals surface area contributed by atoms with E-state index < -0.39 is 0 Å². The third kappa shape index (κ3) is 3.16. The van der Waals surface area contributed by atoms with Gasteiger partial charge in [-0.2, -0.15) is 0 Å². The molecule has 0 saturated carbocycles. The van der Waals surface area contributed by atoms with Crippen LogP contribution in [0.25, 0.3) is 5.65 Å². The predicted molar refractivity (Wildman–Crippen MR) is 104 cm³/mol. The lowest BCUT2D eigenvalue weighted by Crippen LogP contribution is -2.49. The first-order valence-electron chi connectivity index (χ1n) is 9.35. The molecule has 0 spiro atoms. The van der Waals surface area contributed by atoms with E-state index in [-0.39, 0.29) is 11.7 Å². The fourth-order valence-electron chi connectivity index (χ4n) is 3.68. The first-order chi connectivity index (χ1) is 13.1. The lowest BCUT2D eigenvalue weighted by Gasteiger charge is -2.36. The average Bonchev–Trinajstić information content (AvgIpc) is 3.05. The molecule has 1 fully saturated rings. The second-order valence-corrected chi connectivity index (χ2v) is 6.92. The summed E-state index contributed by atoms with van der Waals surface area (Å²) in [4.78, 5) is 21.7. The van der Waals surface area contributed by atoms with E-state index in [0.29, 0.717) is 44.0 Å². The molecule has 1 saturated heterocycles. The molecule has 27 heavy (non-hydrogen) atoms. The molecule has 0 bridgehead atoms. The predicted octanol–water partition coefficient (Wildman–Crippen LogP) is 3.31. The zero-order valence-electron chi connectivity index (χ0n) is 15.7. The normalized spacial score (nSPS) is 14.8. The Bertz CT molecular complexity index is 989. The Labute approximate surface area is 158 Å². The van der Waals surface area contributed by atoms with E-state index >= 15 is 0 Å². The summed E-state index contributed by atoms with van der Waals surface area (Å²) in [5.41, 5.74) is 3.99. The van der Waals surface area contributed by atoms with E-state index in [1.54, 1.807) is 12.1 Å². The first kappa shape index (κ1) is 17.5. The van der Waals surface area contributed by atoms with Crippen molar-refractivity contribution in [3.8, 4) is 0 Å². The number of halogens is 1. The van der Waals surface area contributed by atoms with E-state index in [9.17, 15) is 9.18 Å². The van der Waals surface area contributed by atoms with Crippen molar-refractivity contribution < 1.29 is 9.18 Å². The van der Waals surface area contributed by atoms with Crippen molar-refractivity contribution in [3.63, 3.8) is 0 Å². The number of carbonyl (C=O) groups excluding carboxylic acids is 1. The Balaban J connectivity index is 1.56. The van der Waals surface area contributed by atoms with Crippen LogP contribution in [-0.2, 0) is 6.42 Å². The number of rotatable bonds is 3. The monoisotopic (exact) mass is 366 g/mol. The van der Waals surface area contributed by atoms with Crippen molar-refractivity contribution in [3.05, 3.63) is 65.4 Å². The molecule has 0 unspecified atom stereocenters. The van der Waals surface area contributed by atoms with Crippen molar-refractivity contribution in [1.82, 2.24) is 14.3 Å². The van der Waals surface area contributed by atoms with E-state index in [1.165, 1.54) is 6.07 Å². The van der Waals surface area contributed by atoms with Crippen LogP contribution in [-0.4, -0.2) is 46.4 Å². The summed E-state index contributed by atoms with van der Waals surface area (Å²) in [7, 11) is 0. The standard InChI is InChI=1S/C21H23FN4O/c1-3-17-20(26-9-8-15(2)14-19(26)23-17)21(27)25-12-10-24(11-13-25)18-7-5-4-6-16(18)22/h4-9,14H,3,10-13H2,1-2H3. The van der Waals surface area contributed by atoms with Gasteiger partial charge in [0, 0.05) is 32.4 Å². The fourth-order valence-corrected chi connectivity index (χ4v) is 3.68. The van der Waals surface area contributed by atoms with Crippen molar-refractivity contribution in [2.24, 2.45) is 0 Å². The zero-order chi connectivity index (χ0) is 19.0. The number of benzene rings is 1. The smallest absolute Gasteiger partial charge is 0.272 e. The van der Waals surface area contributed by atoms with Crippen LogP contribution < -0.4 is 4.90 Å². The summed E-state index contributed by atoms with van der Waals surface area (Å²) in [6.45, 7) is 6.39. The highest BCUT2D eigenvalue weighted by Crippen LogP contribution is 2.22. The molecule has 1 aromatic carbocycles. The van der Waals surface area contributed by atoms with Crippen LogP contribution in [0.15, 0.2) is 42.6 Å². The number of para-hydroxylation sites is 1. The summed E-state index contributed by atoms with van der Waals surface area (Å²) in [5, 5.41) is 0. The van der Waals surface area contributed by atoms with Gasteiger partial charge in [-0.05, 0) is 43.2 Å². The highest BCUT2D eigenvalue weighted by atomic mass is 19.1. The second kappa shape index (κ2) is 7.02. The van der Waals surface area contributed by atoms with Gasteiger partial charge in [0.05, 0.1) is 11.4 Å². The van der Waals surface area contributed by atoms with Crippen molar-refractivity contribution in [2.75, 3.05) is 31.1 Å². The van der Waals surface area contributed by atoms with Gasteiger partial charge in [-0.3, -0.25) is 9.20 Å². The molecule has 0 atom stereocenters. The van der Waals surface area contributed by atoms with Gasteiger partial charge in [-0.25, -0.2) is 9.37 Å². The maximum Gasteiger partial charge on any atom is 0.272 e. The van der Waals surface area contributed by atoms with Crippen LogP contribution in [0.1, 0.15) is 28.7 Å². The Morgan fingerprint density at radius 2 is 1.89 bits per heavy atom. The molecule has 4 rings (SSSR count). The molecule has 6 heteroatoms. The van der Waals surface area contributed by atoms with Crippen molar-refractivity contribution >= 4 is 17.2 Å². The number of anilines is 1. The van der Waals surface area contributed by atoms with E-state index in [2.05, 4.69) is 4.98 Å². The molecule has 0 radical (unpaired) electrons. The van der Waals surface area contributed by atoms with Crippen LogP contribution in [0.4, 0.5) is 10.1 Å². The van der Waals surface area contributed by atoms with Crippen molar-refractivity contribution in [2.45, 2.75) is 20.3 Å². The van der Waals surface area contributed by atoms with E-state index in [0.717, 1.165) is 16.9 Å². The summed E-state index contributed by atoms with van der Waals surface area (Å²) in [5.74, 6) is -0.223. The van der Waals surface area contributed by atoms with Crippen molar-refractivity contribution in [1.29, 1.82) is 0 Å². The number of amides is 1. The molecular weight excluding hydrogens is 343 g/mol. The maximum absolute atomic E-state index is 14.0. The van der Waals surface area contributed by atoms with Gasteiger partial charge >= 0.3 is 0 Å². The number of imidazole rings is 1.